The summed E-state index contributed by atoms with van der Waals surface area (Å²) >= 11 is 1.40. The number of nitrogens with zero attached hydrogens (tertiary/aromatic N) is 2. The Morgan fingerprint density at radius 3 is 2.60 bits per heavy atom. The Balaban J connectivity index is 1.76. The number of sulfonamides is 1. The summed E-state index contributed by atoms with van der Waals surface area (Å²) < 4.78 is 30.2. The molecule has 3 aromatic rings. The molecule has 3 rings (SSSR count). The second kappa shape index (κ2) is 6.81. The summed E-state index contributed by atoms with van der Waals surface area (Å²) in [7, 11) is -1.82. The zero-order valence-electron chi connectivity index (χ0n) is 13.8. The average Bonchev–Trinajstić information content (AvgIpc) is 3.09. The highest BCUT2D eigenvalue weighted by molar-refractivity contribution is 7.92. The molecule has 0 aliphatic rings. The number of hydrogen-bond acceptors (Lipinski definition) is 5. The van der Waals surface area contributed by atoms with Gasteiger partial charge in [0.25, 0.3) is 5.91 Å². The van der Waals surface area contributed by atoms with Crippen molar-refractivity contribution >= 4 is 48.9 Å². The Bertz CT molecular complexity index is 1010. The number of hydrogen-bond donors (Lipinski definition) is 1. The molecule has 0 saturated carbocycles. The molecule has 8 heteroatoms. The molecule has 0 saturated heterocycles. The summed E-state index contributed by atoms with van der Waals surface area (Å²) in [6.45, 7) is 1.59. The number of amides is 1. The molecule has 6 nitrogen and oxygen atoms in total. The van der Waals surface area contributed by atoms with Crippen LogP contribution in [0.5, 0.6) is 0 Å². The molecule has 0 unspecified atom stereocenters. The lowest BCUT2D eigenvalue weighted by Crippen LogP contribution is -2.28. The minimum atomic E-state index is -3.32. The number of rotatable bonds is 5. The van der Waals surface area contributed by atoms with Gasteiger partial charge in [-0.25, -0.2) is 8.42 Å². The average molecular weight is 375 g/mol. The van der Waals surface area contributed by atoms with Crippen molar-refractivity contribution in [2.45, 2.75) is 6.92 Å². The van der Waals surface area contributed by atoms with E-state index in [1.807, 2.05) is 18.2 Å². The van der Waals surface area contributed by atoms with Crippen LogP contribution in [0.4, 0.5) is 11.4 Å². The lowest BCUT2D eigenvalue weighted by atomic mass is 10.2. The lowest BCUT2D eigenvalue weighted by molar-refractivity contribution is 0.102. The van der Waals surface area contributed by atoms with Crippen molar-refractivity contribution in [3.8, 4) is 0 Å². The van der Waals surface area contributed by atoms with Crippen molar-refractivity contribution in [1.29, 1.82) is 0 Å². The lowest BCUT2D eigenvalue weighted by Gasteiger charge is -2.18. The smallest absolute Gasteiger partial charge is 0.255 e. The van der Waals surface area contributed by atoms with Gasteiger partial charge >= 0.3 is 0 Å². The van der Waals surface area contributed by atoms with Crippen molar-refractivity contribution < 1.29 is 13.2 Å². The second-order valence-corrected chi connectivity index (χ2v) is 8.57. The number of fused-ring (bicyclic) bond motifs is 1. The van der Waals surface area contributed by atoms with Crippen LogP contribution in [-0.4, -0.2) is 31.5 Å². The van der Waals surface area contributed by atoms with E-state index in [2.05, 4.69) is 9.69 Å². The van der Waals surface area contributed by atoms with Gasteiger partial charge in [0.05, 0.1) is 16.1 Å². The number of anilines is 2. The first-order valence-corrected chi connectivity index (χ1v) is 10.0. The third-order valence-corrected chi connectivity index (χ3v) is 6.44. The van der Waals surface area contributed by atoms with E-state index in [9.17, 15) is 13.2 Å². The molecule has 1 heterocycles. The summed E-state index contributed by atoms with van der Waals surface area (Å²) in [6, 6.07) is 12.1. The van der Waals surface area contributed by atoms with Crippen molar-refractivity contribution in [3.05, 3.63) is 54.2 Å². The monoisotopic (exact) mass is 375 g/mol. The van der Waals surface area contributed by atoms with E-state index in [0.29, 0.717) is 16.9 Å². The summed E-state index contributed by atoms with van der Waals surface area (Å²) in [4.78, 5) is 12.4. The zero-order valence-corrected chi connectivity index (χ0v) is 15.4. The van der Waals surface area contributed by atoms with E-state index >= 15 is 0 Å². The number of benzene rings is 2. The largest absolute Gasteiger partial charge is 0.322 e. The van der Waals surface area contributed by atoms with Crippen LogP contribution in [0, 0.1) is 0 Å². The van der Waals surface area contributed by atoms with Gasteiger partial charge in [-0.05, 0) is 60.9 Å². The predicted octanol–water partition coefficient (Wildman–Crippen LogP) is 3.33. The minimum absolute atomic E-state index is 0.0195. The molecular weight excluding hydrogens is 358 g/mol. The number of aromatic nitrogens is 1. The summed E-state index contributed by atoms with van der Waals surface area (Å²) in [5.41, 5.74) is 1.66. The van der Waals surface area contributed by atoms with Crippen LogP contribution in [0.3, 0.4) is 0 Å². The maximum absolute atomic E-state index is 12.4. The third-order valence-electron chi connectivity index (χ3n) is 3.89. The van der Waals surface area contributed by atoms with E-state index in [1.54, 1.807) is 37.4 Å². The molecule has 0 atom stereocenters. The van der Waals surface area contributed by atoms with Crippen molar-refractivity contribution in [2.24, 2.45) is 0 Å². The molecular formula is C17H17N3O3S2. The Labute approximate surface area is 150 Å². The van der Waals surface area contributed by atoms with Gasteiger partial charge < -0.3 is 5.32 Å². The topological polar surface area (TPSA) is 79.4 Å². The molecule has 0 fully saturated rings. The van der Waals surface area contributed by atoms with E-state index in [4.69, 9.17) is 0 Å². The first-order valence-electron chi connectivity index (χ1n) is 7.63. The fourth-order valence-electron chi connectivity index (χ4n) is 2.33. The maximum Gasteiger partial charge on any atom is 0.255 e. The first-order chi connectivity index (χ1) is 11.9. The predicted molar refractivity (Wildman–Crippen MR) is 102 cm³/mol. The fourth-order valence-corrected chi connectivity index (χ4v) is 3.79. The molecule has 0 spiro atoms. The van der Waals surface area contributed by atoms with Gasteiger partial charge in [0.2, 0.25) is 10.0 Å². The molecule has 2 aromatic carbocycles. The van der Waals surface area contributed by atoms with Gasteiger partial charge in [-0.2, -0.15) is 4.37 Å². The summed E-state index contributed by atoms with van der Waals surface area (Å²) in [5.74, 6) is -0.235. The number of carbonyl (C=O) groups excluding carboxylic acids is 1. The molecule has 1 amide bonds. The van der Waals surface area contributed by atoms with Gasteiger partial charge in [-0.3, -0.25) is 9.10 Å². The molecule has 1 N–H and O–H groups in total. The second-order valence-electron chi connectivity index (χ2n) is 5.45. The maximum atomic E-state index is 12.4. The van der Waals surface area contributed by atoms with Crippen LogP contribution in [0.1, 0.15) is 17.3 Å². The summed E-state index contributed by atoms with van der Waals surface area (Å²) in [6.07, 6.45) is 1.76. The molecule has 0 aliphatic heterocycles. The van der Waals surface area contributed by atoms with Crippen molar-refractivity contribution in [3.63, 3.8) is 0 Å². The van der Waals surface area contributed by atoms with Gasteiger partial charge in [-0.1, -0.05) is 0 Å². The molecule has 0 aliphatic carbocycles. The van der Waals surface area contributed by atoms with Crippen molar-refractivity contribution in [1.82, 2.24) is 4.37 Å². The Hall–Kier alpha value is -2.45. The van der Waals surface area contributed by atoms with Crippen molar-refractivity contribution in [2.75, 3.05) is 22.4 Å². The summed E-state index contributed by atoms with van der Waals surface area (Å²) in [5, 5.41) is 3.81. The number of nitrogens with one attached hydrogen (secondary N) is 1. The normalized spacial score (nSPS) is 11.4. The first kappa shape index (κ1) is 17.4. The zero-order chi connectivity index (χ0) is 18.0. The van der Waals surface area contributed by atoms with E-state index < -0.39 is 10.0 Å². The van der Waals surface area contributed by atoms with Crippen LogP contribution in [-0.2, 0) is 10.0 Å². The van der Waals surface area contributed by atoms with Crippen LogP contribution < -0.4 is 9.62 Å². The standard InChI is InChI=1S/C17H17N3O3S2/c1-3-25(22,23)20(2)15-7-4-12(5-8-15)17(21)19-14-6-9-16-13(10-14)11-18-24-16/h4-11H,3H2,1-2H3,(H,19,21). The Kier molecular flexibility index (Phi) is 4.73. The molecule has 0 bridgehead atoms. The van der Waals surface area contributed by atoms with Crippen LogP contribution >= 0.6 is 11.5 Å². The fraction of sp³-hybridized carbons (Fsp3) is 0.176. The van der Waals surface area contributed by atoms with Gasteiger partial charge in [0.1, 0.15) is 0 Å². The Morgan fingerprint density at radius 2 is 1.92 bits per heavy atom. The van der Waals surface area contributed by atoms with Crippen LogP contribution in [0.25, 0.3) is 10.1 Å². The third kappa shape index (κ3) is 3.64. The minimum Gasteiger partial charge on any atom is -0.322 e. The molecule has 0 radical (unpaired) electrons. The Morgan fingerprint density at radius 1 is 1.20 bits per heavy atom. The highest BCUT2D eigenvalue weighted by Gasteiger charge is 2.16. The van der Waals surface area contributed by atoms with Gasteiger partial charge in [0, 0.05) is 29.9 Å². The van der Waals surface area contributed by atoms with Gasteiger partial charge in [0.15, 0.2) is 0 Å². The number of carbonyl (C=O) groups is 1. The molecule has 1 aromatic heterocycles. The molecule has 130 valence electrons. The highest BCUT2D eigenvalue weighted by Crippen LogP contribution is 2.23. The van der Waals surface area contributed by atoms with E-state index in [-0.39, 0.29) is 11.7 Å². The van der Waals surface area contributed by atoms with E-state index in [1.165, 1.54) is 22.9 Å². The SMILES string of the molecule is CCS(=O)(=O)N(C)c1ccc(C(=O)Nc2ccc3sncc3c2)cc1. The van der Waals surface area contributed by atoms with Gasteiger partial charge in [-0.15, -0.1) is 0 Å². The molecule has 25 heavy (non-hydrogen) atoms. The van der Waals surface area contributed by atoms with E-state index in [0.717, 1.165) is 10.1 Å². The van der Waals surface area contributed by atoms with Crippen LogP contribution in [0.15, 0.2) is 48.7 Å². The quantitative estimate of drug-likeness (QED) is 0.742. The highest BCUT2D eigenvalue weighted by atomic mass is 32.2. The van der Waals surface area contributed by atoms with Crippen LogP contribution in [0.2, 0.25) is 0 Å².